The van der Waals surface area contributed by atoms with Gasteiger partial charge in [-0.3, -0.25) is 0 Å². The van der Waals surface area contributed by atoms with Crippen molar-refractivity contribution >= 4 is 15.9 Å². The van der Waals surface area contributed by atoms with E-state index in [1.807, 2.05) is 6.92 Å². The second-order valence-electron chi connectivity index (χ2n) is 6.24. The van der Waals surface area contributed by atoms with Crippen molar-refractivity contribution < 1.29 is 17.6 Å². The molecule has 0 aromatic heterocycles. The van der Waals surface area contributed by atoms with Crippen LogP contribution in [0.5, 0.6) is 0 Å². The van der Waals surface area contributed by atoms with Gasteiger partial charge in [0.15, 0.2) is 9.84 Å². The molecule has 0 fully saturated rings. The summed E-state index contributed by atoms with van der Waals surface area (Å²) < 4.78 is 35.9. The van der Waals surface area contributed by atoms with Gasteiger partial charge in [0, 0.05) is 19.8 Å². The highest BCUT2D eigenvalue weighted by molar-refractivity contribution is 7.90. The van der Waals surface area contributed by atoms with Gasteiger partial charge in [0.1, 0.15) is 5.82 Å². The Hall–Kier alpha value is -2.41. The van der Waals surface area contributed by atoms with E-state index in [1.54, 1.807) is 48.3 Å². The smallest absolute Gasteiger partial charge is 0.317 e. The van der Waals surface area contributed by atoms with Crippen LogP contribution in [0.3, 0.4) is 0 Å². The molecule has 0 aliphatic rings. The molecular formula is C19H23FN2O3S. The van der Waals surface area contributed by atoms with Gasteiger partial charge in [-0.25, -0.2) is 17.6 Å². The molecule has 5 nitrogen and oxygen atoms in total. The van der Waals surface area contributed by atoms with Crippen molar-refractivity contribution in [1.29, 1.82) is 0 Å². The summed E-state index contributed by atoms with van der Waals surface area (Å²) in [6, 6.07) is 12.2. The van der Waals surface area contributed by atoms with Crippen LogP contribution in [0.1, 0.15) is 24.1 Å². The number of hydrogen-bond donors (Lipinski definition) is 1. The summed E-state index contributed by atoms with van der Waals surface area (Å²) >= 11 is 0. The number of carbonyl (C=O) groups excluding carboxylic acids is 1. The van der Waals surface area contributed by atoms with Gasteiger partial charge >= 0.3 is 6.03 Å². The van der Waals surface area contributed by atoms with Crippen molar-refractivity contribution in [2.75, 3.05) is 19.8 Å². The molecule has 140 valence electrons. The van der Waals surface area contributed by atoms with Crippen molar-refractivity contribution in [3.8, 4) is 0 Å². The normalized spacial score (nSPS) is 12.5. The van der Waals surface area contributed by atoms with Crippen LogP contribution >= 0.6 is 0 Å². The lowest BCUT2D eigenvalue weighted by atomic mass is 10.1. The number of carbonyl (C=O) groups is 1. The lowest BCUT2D eigenvalue weighted by Crippen LogP contribution is -2.39. The van der Waals surface area contributed by atoms with E-state index in [2.05, 4.69) is 5.32 Å². The minimum absolute atomic E-state index is 0.213. The Morgan fingerprint density at radius 3 is 2.23 bits per heavy atom. The lowest BCUT2D eigenvalue weighted by Gasteiger charge is -2.25. The minimum atomic E-state index is -3.24. The highest BCUT2D eigenvalue weighted by atomic mass is 32.2. The van der Waals surface area contributed by atoms with Gasteiger partial charge in [0.25, 0.3) is 0 Å². The molecule has 1 N–H and O–H groups in total. The average molecular weight is 378 g/mol. The van der Waals surface area contributed by atoms with Gasteiger partial charge < -0.3 is 10.2 Å². The van der Waals surface area contributed by atoms with Gasteiger partial charge in [0.2, 0.25) is 0 Å². The number of benzene rings is 2. The zero-order valence-corrected chi connectivity index (χ0v) is 15.9. The Kier molecular flexibility index (Phi) is 6.37. The second-order valence-corrected chi connectivity index (χ2v) is 8.25. The van der Waals surface area contributed by atoms with Crippen LogP contribution in [0.15, 0.2) is 53.4 Å². The molecule has 0 bridgehead atoms. The standard InChI is InChI=1S/C19H23FN2O3S/c1-14(16-6-10-18(11-7-16)26(3,24)25)22(2)19(23)21-13-12-15-4-8-17(20)9-5-15/h4-11,14H,12-13H2,1-3H3,(H,21,23). The number of nitrogens with zero attached hydrogens (tertiary/aromatic N) is 1. The molecule has 2 aromatic carbocycles. The van der Waals surface area contributed by atoms with Crippen molar-refractivity contribution in [3.63, 3.8) is 0 Å². The molecule has 0 heterocycles. The highest BCUT2D eigenvalue weighted by Crippen LogP contribution is 2.20. The van der Waals surface area contributed by atoms with E-state index in [0.29, 0.717) is 13.0 Å². The zero-order valence-electron chi connectivity index (χ0n) is 15.1. The number of halogens is 1. The largest absolute Gasteiger partial charge is 0.338 e. The number of rotatable bonds is 6. The van der Waals surface area contributed by atoms with Crippen LogP contribution in [0.4, 0.5) is 9.18 Å². The van der Waals surface area contributed by atoms with E-state index < -0.39 is 9.84 Å². The van der Waals surface area contributed by atoms with Crippen LogP contribution < -0.4 is 5.32 Å². The third kappa shape index (κ3) is 5.29. The number of amides is 2. The molecule has 7 heteroatoms. The number of hydrogen-bond acceptors (Lipinski definition) is 3. The van der Waals surface area contributed by atoms with Gasteiger partial charge in [-0.05, 0) is 48.7 Å². The molecule has 2 rings (SSSR count). The molecule has 2 amide bonds. The molecule has 0 radical (unpaired) electrons. The quantitative estimate of drug-likeness (QED) is 0.840. The molecule has 1 unspecified atom stereocenters. The van der Waals surface area contributed by atoms with E-state index in [0.717, 1.165) is 17.4 Å². The van der Waals surface area contributed by atoms with Crippen LogP contribution in [0, 0.1) is 5.82 Å². The minimum Gasteiger partial charge on any atom is -0.338 e. The Bertz CT molecular complexity index is 849. The fraction of sp³-hybridized carbons (Fsp3) is 0.316. The van der Waals surface area contributed by atoms with Crippen molar-refractivity contribution in [1.82, 2.24) is 10.2 Å². The summed E-state index contributed by atoms with van der Waals surface area (Å²) in [4.78, 5) is 14.1. The fourth-order valence-corrected chi connectivity index (χ4v) is 3.11. The van der Waals surface area contributed by atoms with Crippen molar-refractivity contribution in [2.24, 2.45) is 0 Å². The maximum absolute atomic E-state index is 12.9. The van der Waals surface area contributed by atoms with E-state index in [-0.39, 0.29) is 22.8 Å². The Morgan fingerprint density at radius 1 is 1.12 bits per heavy atom. The zero-order chi connectivity index (χ0) is 19.3. The lowest BCUT2D eigenvalue weighted by molar-refractivity contribution is 0.194. The van der Waals surface area contributed by atoms with E-state index in [9.17, 15) is 17.6 Å². The van der Waals surface area contributed by atoms with Gasteiger partial charge in [0.05, 0.1) is 10.9 Å². The molecule has 2 aromatic rings. The first-order chi connectivity index (χ1) is 12.2. The molecule has 26 heavy (non-hydrogen) atoms. The number of urea groups is 1. The third-order valence-corrected chi connectivity index (χ3v) is 5.42. The van der Waals surface area contributed by atoms with Crippen LogP contribution in [0.25, 0.3) is 0 Å². The first-order valence-corrected chi connectivity index (χ1v) is 10.1. The van der Waals surface area contributed by atoms with Gasteiger partial charge in [-0.1, -0.05) is 24.3 Å². The summed E-state index contributed by atoms with van der Waals surface area (Å²) in [5.41, 5.74) is 1.78. The van der Waals surface area contributed by atoms with Gasteiger partial charge in [-0.2, -0.15) is 0 Å². The van der Waals surface area contributed by atoms with E-state index in [1.165, 1.54) is 12.1 Å². The number of sulfone groups is 1. The topological polar surface area (TPSA) is 66.5 Å². The fourth-order valence-electron chi connectivity index (χ4n) is 2.48. The summed E-state index contributed by atoms with van der Waals surface area (Å²) in [5, 5.41) is 2.83. The van der Waals surface area contributed by atoms with Crippen LogP contribution in [0.2, 0.25) is 0 Å². The second kappa shape index (κ2) is 8.31. The Balaban J connectivity index is 1.91. The van der Waals surface area contributed by atoms with E-state index in [4.69, 9.17) is 0 Å². The average Bonchev–Trinajstić information content (AvgIpc) is 2.61. The highest BCUT2D eigenvalue weighted by Gasteiger charge is 2.17. The Morgan fingerprint density at radius 2 is 1.69 bits per heavy atom. The Labute approximate surface area is 153 Å². The monoisotopic (exact) mass is 378 g/mol. The molecule has 0 spiro atoms. The maximum atomic E-state index is 12.9. The predicted octanol–water partition coefficient (Wildman–Crippen LogP) is 3.17. The maximum Gasteiger partial charge on any atom is 0.317 e. The first kappa shape index (κ1) is 19.9. The van der Waals surface area contributed by atoms with Crippen molar-refractivity contribution in [3.05, 3.63) is 65.5 Å². The third-order valence-electron chi connectivity index (χ3n) is 4.30. The summed E-state index contributed by atoms with van der Waals surface area (Å²) in [6.45, 7) is 2.31. The summed E-state index contributed by atoms with van der Waals surface area (Å²) in [7, 11) is -1.56. The molecular weight excluding hydrogens is 355 g/mol. The van der Waals surface area contributed by atoms with Crippen LogP contribution in [-0.2, 0) is 16.3 Å². The summed E-state index contributed by atoms with van der Waals surface area (Å²) in [6.07, 6.45) is 1.77. The van der Waals surface area contributed by atoms with Crippen molar-refractivity contribution in [2.45, 2.75) is 24.3 Å². The molecule has 1 atom stereocenters. The van der Waals surface area contributed by atoms with Gasteiger partial charge in [-0.15, -0.1) is 0 Å². The number of nitrogens with one attached hydrogen (secondary N) is 1. The molecule has 0 aliphatic heterocycles. The summed E-state index contributed by atoms with van der Waals surface area (Å²) in [5.74, 6) is -0.284. The molecule has 0 aliphatic carbocycles. The molecule has 0 saturated carbocycles. The molecule has 0 saturated heterocycles. The first-order valence-electron chi connectivity index (χ1n) is 8.23. The van der Waals surface area contributed by atoms with E-state index >= 15 is 0 Å². The SMILES string of the molecule is CC(c1ccc(S(C)(=O)=O)cc1)N(C)C(=O)NCCc1ccc(F)cc1. The predicted molar refractivity (Wildman–Crippen MR) is 99.2 cm³/mol. The van der Waals surface area contributed by atoms with Crippen LogP contribution in [-0.4, -0.2) is 39.2 Å².